The van der Waals surface area contributed by atoms with E-state index in [0.29, 0.717) is 18.8 Å². The maximum atomic E-state index is 13.2. The van der Waals surface area contributed by atoms with E-state index in [4.69, 9.17) is 4.74 Å². The molecule has 7 heteroatoms. The third kappa shape index (κ3) is 3.84. The van der Waals surface area contributed by atoms with E-state index in [-0.39, 0.29) is 24.2 Å². The Balaban J connectivity index is 2.01. The van der Waals surface area contributed by atoms with Crippen molar-refractivity contribution < 1.29 is 18.7 Å². The van der Waals surface area contributed by atoms with E-state index in [1.807, 2.05) is 11.8 Å². The lowest BCUT2D eigenvalue weighted by molar-refractivity contribution is -0.119. The number of ether oxygens (including phenoxy) is 1. The molecule has 3 amide bonds. The van der Waals surface area contributed by atoms with Gasteiger partial charge >= 0.3 is 6.03 Å². The fraction of sp³-hybridized carbons (Fsp3) is 0.429. The molecule has 1 heterocycles. The molecule has 0 saturated carbocycles. The summed E-state index contributed by atoms with van der Waals surface area (Å²) in [4.78, 5) is 24.6. The van der Waals surface area contributed by atoms with Gasteiger partial charge in [0.25, 0.3) is 0 Å². The Morgan fingerprint density at radius 1 is 1.48 bits per heavy atom. The minimum Gasteiger partial charge on any atom is -0.487 e. The number of hydrogen-bond donors (Lipinski definition) is 2. The predicted octanol–water partition coefficient (Wildman–Crippen LogP) is 1.26. The number of urea groups is 1. The van der Waals surface area contributed by atoms with Gasteiger partial charge in [-0.3, -0.25) is 10.1 Å². The van der Waals surface area contributed by atoms with Gasteiger partial charge < -0.3 is 15.0 Å². The first-order valence-electron chi connectivity index (χ1n) is 6.72. The van der Waals surface area contributed by atoms with Crippen molar-refractivity contribution in [2.75, 3.05) is 25.0 Å². The van der Waals surface area contributed by atoms with Crippen molar-refractivity contribution in [3.8, 4) is 5.75 Å². The van der Waals surface area contributed by atoms with Crippen molar-refractivity contribution in [3.05, 3.63) is 24.0 Å². The van der Waals surface area contributed by atoms with Crippen molar-refractivity contribution in [2.24, 2.45) is 0 Å². The molecule has 2 rings (SSSR count). The lowest BCUT2D eigenvalue weighted by atomic mass is 10.2. The first kappa shape index (κ1) is 15.1. The highest BCUT2D eigenvalue weighted by Gasteiger charge is 2.23. The van der Waals surface area contributed by atoms with Crippen LogP contribution in [0.4, 0.5) is 14.9 Å². The van der Waals surface area contributed by atoms with Crippen LogP contribution in [0.5, 0.6) is 5.75 Å². The smallest absolute Gasteiger partial charge is 0.321 e. The molecule has 0 saturated heterocycles. The van der Waals surface area contributed by atoms with Crippen LogP contribution in [0.1, 0.15) is 13.3 Å². The zero-order valence-corrected chi connectivity index (χ0v) is 12.0. The highest BCUT2D eigenvalue weighted by Crippen LogP contribution is 2.33. The Labute approximate surface area is 122 Å². The number of amides is 3. The molecular formula is C14H18FN3O3. The molecule has 0 aliphatic carbocycles. The molecule has 0 bridgehead atoms. The molecule has 0 fully saturated rings. The van der Waals surface area contributed by atoms with Crippen molar-refractivity contribution in [3.63, 3.8) is 0 Å². The van der Waals surface area contributed by atoms with Gasteiger partial charge in [-0.2, -0.15) is 0 Å². The lowest BCUT2D eigenvalue weighted by Crippen LogP contribution is -2.42. The zero-order chi connectivity index (χ0) is 15.4. The second-order valence-electron chi connectivity index (χ2n) is 4.86. The number of benzene rings is 1. The number of anilines is 1. The summed E-state index contributed by atoms with van der Waals surface area (Å²) in [5.41, 5.74) is 0.752. The number of carbonyl (C=O) groups excluding carboxylic acids is 2. The van der Waals surface area contributed by atoms with Crippen LogP contribution in [0.3, 0.4) is 0 Å². The molecule has 0 aromatic heterocycles. The largest absolute Gasteiger partial charge is 0.487 e. The topological polar surface area (TPSA) is 70.7 Å². The normalized spacial score (nSPS) is 16.7. The first-order chi connectivity index (χ1) is 9.99. The van der Waals surface area contributed by atoms with E-state index in [9.17, 15) is 14.0 Å². The van der Waals surface area contributed by atoms with Gasteiger partial charge in [-0.1, -0.05) is 0 Å². The van der Waals surface area contributed by atoms with Crippen LogP contribution in [0.25, 0.3) is 0 Å². The van der Waals surface area contributed by atoms with Crippen LogP contribution < -0.4 is 20.3 Å². The summed E-state index contributed by atoms with van der Waals surface area (Å²) >= 11 is 0. The number of nitrogens with zero attached hydrogens (tertiary/aromatic N) is 1. The van der Waals surface area contributed by atoms with Gasteiger partial charge in [0.2, 0.25) is 5.91 Å². The van der Waals surface area contributed by atoms with Gasteiger partial charge in [-0.25, -0.2) is 9.18 Å². The third-order valence-electron chi connectivity index (χ3n) is 3.16. The molecule has 114 valence electrons. The fourth-order valence-corrected chi connectivity index (χ4v) is 2.21. The number of hydrogen-bond acceptors (Lipinski definition) is 4. The quantitative estimate of drug-likeness (QED) is 0.880. The minimum absolute atomic E-state index is 0.0960. The summed E-state index contributed by atoms with van der Waals surface area (Å²) in [5.74, 6) is -0.252. The van der Waals surface area contributed by atoms with Crippen LogP contribution in [0, 0.1) is 5.82 Å². The summed E-state index contributed by atoms with van der Waals surface area (Å²) in [6.07, 6.45) is 0.0676. The maximum absolute atomic E-state index is 13.2. The second kappa shape index (κ2) is 6.43. The number of nitrogens with one attached hydrogen (secondary N) is 2. The molecular weight excluding hydrogens is 277 g/mol. The molecule has 0 radical (unpaired) electrons. The van der Waals surface area contributed by atoms with Crippen LogP contribution in [-0.4, -0.2) is 38.2 Å². The average molecular weight is 295 g/mol. The summed E-state index contributed by atoms with van der Waals surface area (Å²) in [6, 6.07) is 3.80. The molecule has 1 aliphatic heterocycles. The van der Waals surface area contributed by atoms with Crippen LogP contribution in [-0.2, 0) is 4.79 Å². The van der Waals surface area contributed by atoms with Crippen LogP contribution in [0.15, 0.2) is 18.2 Å². The SMILES string of the molecule is CNC(=O)NC(=O)CCN1C[C@@H](C)Oc2cc(F)ccc21. The summed E-state index contributed by atoms with van der Waals surface area (Å²) in [5, 5.41) is 4.52. The van der Waals surface area contributed by atoms with Crippen molar-refractivity contribution in [1.82, 2.24) is 10.6 Å². The molecule has 1 aromatic rings. The van der Waals surface area contributed by atoms with Gasteiger partial charge in [0.1, 0.15) is 17.7 Å². The summed E-state index contributed by atoms with van der Waals surface area (Å²) in [7, 11) is 1.44. The molecule has 21 heavy (non-hydrogen) atoms. The average Bonchev–Trinajstić information content (AvgIpc) is 2.43. The Bertz CT molecular complexity index is 550. The van der Waals surface area contributed by atoms with E-state index in [0.717, 1.165) is 5.69 Å². The minimum atomic E-state index is -0.530. The summed E-state index contributed by atoms with van der Waals surface area (Å²) in [6.45, 7) is 2.91. The van der Waals surface area contributed by atoms with Gasteiger partial charge in [0.05, 0.1) is 12.2 Å². The van der Waals surface area contributed by atoms with Gasteiger partial charge in [0.15, 0.2) is 0 Å². The Hall–Kier alpha value is -2.31. The monoisotopic (exact) mass is 295 g/mol. The molecule has 0 unspecified atom stereocenters. The standard InChI is InChI=1S/C14H18FN3O3/c1-9-8-18(6-5-13(19)17-14(20)16-2)11-4-3-10(15)7-12(11)21-9/h3-4,7,9H,5-6,8H2,1-2H3,(H2,16,17,19,20)/t9-/m1/s1. The number of halogens is 1. The van der Waals surface area contributed by atoms with E-state index < -0.39 is 6.03 Å². The van der Waals surface area contributed by atoms with E-state index in [1.54, 1.807) is 6.07 Å². The van der Waals surface area contributed by atoms with Crippen molar-refractivity contribution >= 4 is 17.6 Å². The molecule has 1 aromatic carbocycles. The highest BCUT2D eigenvalue weighted by atomic mass is 19.1. The number of fused-ring (bicyclic) bond motifs is 1. The highest BCUT2D eigenvalue weighted by molar-refractivity contribution is 5.94. The molecule has 6 nitrogen and oxygen atoms in total. The predicted molar refractivity (Wildman–Crippen MR) is 75.9 cm³/mol. The number of carbonyl (C=O) groups is 2. The lowest BCUT2D eigenvalue weighted by Gasteiger charge is -2.34. The maximum Gasteiger partial charge on any atom is 0.321 e. The van der Waals surface area contributed by atoms with Crippen molar-refractivity contribution in [1.29, 1.82) is 0 Å². The van der Waals surface area contributed by atoms with Crippen LogP contribution in [0.2, 0.25) is 0 Å². The van der Waals surface area contributed by atoms with E-state index in [2.05, 4.69) is 10.6 Å². The zero-order valence-electron chi connectivity index (χ0n) is 12.0. The fourth-order valence-electron chi connectivity index (χ4n) is 2.21. The number of rotatable bonds is 3. The summed E-state index contributed by atoms with van der Waals surface area (Å²) < 4.78 is 18.8. The van der Waals surface area contributed by atoms with E-state index >= 15 is 0 Å². The molecule has 2 N–H and O–H groups in total. The van der Waals surface area contributed by atoms with Crippen LogP contribution >= 0.6 is 0 Å². The Morgan fingerprint density at radius 2 is 2.24 bits per heavy atom. The second-order valence-corrected chi connectivity index (χ2v) is 4.86. The number of imide groups is 1. The first-order valence-corrected chi connectivity index (χ1v) is 6.72. The van der Waals surface area contributed by atoms with Gasteiger partial charge in [-0.05, 0) is 19.1 Å². The molecule has 1 aliphatic rings. The Morgan fingerprint density at radius 3 is 2.95 bits per heavy atom. The third-order valence-corrected chi connectivity index (χ3v) is 3.16. The van der Waals surface area contributed by atoms with Gasteiger partial charge in [-0.15, -0.1) is 0 Å². The Kier molecular flexibility index (Phi) is 4.62. The molecule has 0 spiro atoms. The molecule has 1 atom stereocenters. The van der Waals surface area contributed by atoms with Gasteiger partial charge in [0, 0.05) is 26.1 Å². The van der Waals surface area contributed by atoms with Crippen molar-refractivity contribution in [2.45, 2.75) is 19.4 Å². The van der Waals surface area contributed by atoms with E-state index in [1.165, 1.54) is 19.2 Å².